The number of esters is 1. The molecule has 5 heteroatoms. The van der Waals surface area contributed by atoms with E-state index in [1.165, 1.54) is 19.3 Å². The Labute approximate surface area is 120 Å². The van der Waals surface area contributed by atoms with Gasteiger partial charge < -0.3 is 14.6 Å². The molecule has 0 spiro atoms. The molecule has 0 amide bonds. The number of aromatic hydroxyl groups is 1. The molecule has 1 aromatic carbocycles. The monoisotopic (exact) mass is 290 g/mol. The topological polar surface area (TPSA) is 55.8 Å². The van der Waals surface area contributed by atoms with Crippen molar-refractivity contribution in [2.75, 3.05) is 7.11 Å². The molecule has 0 aliphatic rings. The van der Waals surface area contributed by atoms with Crippen molar-refractivity contribution < 1.29 is 19.4 Å². The average Bonchev–Trinajstić information content (AvgIpc) is 2.97. The molecule has 0 aliphatic carbocycles. The Hall–Kier alpha value is -2.27. The van der Waals surface area contributed by atoms with Gasteiger partial charge in [-0.1, -0.05) is 12.1 Å². The molecule has 0 saturated carbocycles. The number of phenols is 1. The van der Waals surface area contributed by atoms with Gasteiger partial charge in [0.05, 0.1) is 7.11 Å². The Kier molecular flexibility index (Phi) is 4.79. The zero-order valence-corrected chi connectivity index (χ0v) is 11.7. The van der Waals surface area contributed by atoms with Crippen LogP contribution in [-0.2, 0) is 16.1 Å². The van der Waals surface area contributed by atoms with Crippen LogP contribution in [0.15, 0.2) is 41.8 Å². The zero-order chi connectivity index (χ0) is 14.4. The predicted molar refractivity (Wildman–Crippen MR) is 77.8 cm³/mol. The van der Waals surface area contributed by atoms with E-state index in [0.29, 0.717) is 5.75 Å². The number of phenolic OH excluding ortho intramolecular Hbond substituents is 1. The van der Waals surface area contributed by atoms with Gasteiger partial charge in [-0.3, -0.25) is 0 Å². The summed E-state index contributed by atoms with van der Waals surface area (Å²) in [7, 11) is 1.47. The fourth-order valence-electron chi connectivity index (χ4n) is 1.55. The smallest absolute Gasteiger partial charge is 0.331 e. The van der Waals surface area contributed by atoms with Gasteiger partial charge >= 0.3 is 5.97 Å². The second-order valence-electron chi connectivity index (χ2n) is 3.95. The van der Waals surface area contributed by atoms with Gasteiger partial charge in [0.15, 0.2) is 11.5 Å². The van der Waals surface area contributed by atoms with Crippen LogP contribution in [0.5, 0.6) is 11.5 Å². The molecule has 1 aromatic heterocycles. The van der Waals surface area contributed by atoms with Gasteiger partial charge in [-0.2, -0.15) is 0 Å². The van der Waals surface area contributed by atoms with Crippen molar-refractivity contribution in [2.45, 2.75) is 6.61 Å². The normalized spacial score (nSPS) is 10.7. The molecule has 0 aliphatic heterocycles. The van der Waals surface area contributed by atoms with E-state index in [0.717, 1.165) is 10.4 Å². The fourth-order valence-corrected chi connectivity index (χ4v) is 2.16. The largest absolute Gasteiger partial charge is 0.504 e. The maximum atomic E-state index is 11.5. The van der Waals surface area contributed by atoms with Crippen molar-refractivity contribution in [1.82, 2.24) is 0 Å². The Morgan fingerprint density at radius 2 is 2.25 bits per heavy atom. The highest BCUT2D eigenvalue weighted by molar-refractivity contribution is 7.09. The Morgan fingerprint density at radius 1 is 1.40 bits per heavy atom. The van der Waals surface area contributed by atoms with Gasteiger partial charge in [0.1, 0.15) is 6.61 Å². The number of carbonyl (C=O) groups excluding carboxylic acids is 1. The molecule has 104 valence electrons. The maximum absolute atomic E-state index is 11.5. The number of ether oxygens (including phenoxy) is 2. The van der Waals surface area contributed by atoms with Gasteiger partial charge in [0.25, 0.3) is 0 Å². The first-order chi connectivity index (χ1) is 9.69. The van der Waals surface area contributed by atoms with Gasteiger partial charge in [-0.05, 0) is 35.2 Å². The lowest BCUT2D eigenvalue weighted by Crippen LogP contribution is -1.99. The van der Waals surface area contributed by atoms with Gasteiger partial charge in [0, 0.05) is 11.0 Å². The number of thiophene rings is 1. The summed E-state index contributed by atoms with van der Waals surface area (Å²) in [5.74, 6) is 0.00877. The Balaban J connectivity index is 1.93. The minimum Gasteiger partial charge on any atom is -0.504 e. The first kappa shape index (κ1) is 14.1. The van der Waals surface area contributed by atoms with E-state index < -0.39 is 5.97 Å². The highest BCUT2D eigenvalue weighted by atomic mass is 32.1. The highest BCUT2D eigenvalue weighted by Gasteiger charge is 2.02. The molecular weight excluding hydrogens is 276 g/mol. The van der Waals surface area contributed by atoms with E-state index in [9.17, 15) is 9.90 Å². The summed E-state index contributed by atoms with van der Waals surface area (Å²) in [6.07, 6.45) is 2.96. The molecule has 2 rings (SSSR count). The first-order valence-corrected chi connectivity index (χ1v) is 6.81. The average molecular weight is 290 g/mol. The van der Waals surface area contributed by atoms with Crippen molar-refractivity contribution in [2.24, 2.45) is 0 Å². The molecular formula is C15H14O4S. The molecule has 0 unspecified atom stereocenters. The SMILES string of the molecule is COc1cc(/C=C/C(=O)OCc2cccs2)ccc1O. The first-order valence-electron chi connectivity index (χ1n) is 5.93. The lowest BCUT2D eigenvalue weighted by Gasteiger charge is -2.03. The number of rotatable bonds is 5. The fraction of sp³-hybridized carbons (Fsp3) is 0.133. The summed E-state index contributed by atoms with van der Waals surface area (Å²) in [6.45, 7) is 0.278. The van der Waals surface area contributed by atoms with Crippen LogP contribution in [0.1, 0.15) is 10.4 Å². The van der Waals surface area contributed by atoms with Gasteiger partial charge in [-0.15, -0.1) is 11.3 Å². The lowest BCUT2D eigenvalue weighted by molar-refractivity contribution is -0.138. The molecule has 2 aromatic rings. The van der Waals surface area contributed by atoms with E-state index >= 15 is 0 Å². The van der Waals surface area contributed by atoms with Crippen LogP contribution >= 0.6 is 11.3 Å². The number of hydrogen-bond donors (Lipinski definition) is 1. The van der Waals surface area contributed by atoms with Crippen LogP contribution in [0.25, 0.3) is 6.08 Å². The van der Waals surface area contributed by atoms with Crippen LogP contribution in [-0.4, -0.2) is 18.2 Å². The highest BCUT2D eigenvalue weighted by Crippen LogP contribution is 2.26. The third-order valence-electron chi connectivity index (χ3n) is 2.55. The Morgan fingerprint density at radius 3 is 2.95 bits per heavy atom. The van der Waals surface area contributed by atoms with E-state index in [1.54, 1.807) is 29.5 Å². The lowest BCUT2D eigenvalue weighted by atomic mass is 10.2. The molecule has 4 nitrogen and oxygen atoms in total. The summed E-state index contributed by atoms with van der Waals surface area (Å²) in [5.41, 5.74) is 0.743. The number of carbonyl (C=O) groups is 1. The molecule has 0 radical (unpaired) electrons. The van der Waals surface area contributed by atoms with Crippen molar-refractivity contribution in [3.8, 4) is 11.5 Å². The summed E-state index contributed by atoms with van der Waals surface area (Å²) in [4.78, 5) is 12.5. The summed E-state index contributed by atoms with van der Waals surface area (Å²) in [6, 6.07) is 8.65. The standard InChI is InChI=1S/C15H14O4S/c1-18-14-9-11(4-6-13(14)16)5-7-15(17)19-10-12-3-2-8-20-12/h2-9,16H,10H2,1H3/b7-5+. The minimum atomic E-state index is -0.412. The summed E-state index contributed by atoms with van der Waals surface area (Å²) < 4.78 is 10.1. The van der Waals surface area contributed by atoms with E-state index in [2.05, 4.69) is 0 Å². The van der Waals surface area contributed by atoms with Crippen LogP contribution in [0.3, 0.4) is 0 Å². The summed E-state index contributed by atoms with van der Waals surface area (Å²) >= 11 is 1.54. The molecule has 20 heavy (non-hydrogen) atoms. The zero-order valence-electron chi connectivity index (χ0n) is 10.9. The number of methoxy groups -OCH3 is 1. The van der Waals surface area contributed by atoms with Crippen LogP contribution in [0, 0.1) is 0 Å². The molecule has 0 saturated heterocycles. The second kappa shape index (κ2) is 6.77. The number of hydrogen-bond acceptors (Lipinski definition) is 5. The minimum absolute atomic E-state index is 0.0601. The number of benzene rings is 1. The van der Waals surface area contributed by atoms with Crippen molar-refractivity contribution >= 4 is 23.4 Å². The maximum Gasteiger partial charge on any atom is 0.331 e. The van der Waals surface area contributed by atoms with E-state index in [-0.39, 0.29) is 12.4 Å². The van der Waals surface area contributed by atoms with Crippen LogP contribution in [0.2, 0.25) is 0 Å². The molecule has 0 fully saturated rings. The van der Waals surface area contributed by atoms with E-state index in [4.69, 9.17) is 9.47 Å². The van der Waals surface area contributed by atoms with Crippen LogP contribution < -0.4 is 4.74 Å². The van der Waals surface area contributed by atoms with E-state index in [1.807, 2.05) is 17.5 Å². The van der Waals surface area contributed by atoms with Crippen molar-refractivity contribution in [1.29, 1.82) is 0 Å². The van der Waals surface area contributed by atoms with Crippen molar-refractivity contribution in [3.05, 3.63) is 52.2 Å². The van der Waals surface area contributed by atoms with Gasteiger partial charge in [-0.25, -0.2) is 4.79 Å². The quantitative estimate of drug-likeness (QED) is 0.678. The molecule has 1 heterocycles. The third-order valence-corrected chi connectivity index (χ3v) is 3.40. The van der Waals surface area contributed by atoms with Gasteiger partial charge in [0.2, 0.25) is 0 Å². The molecule has 1 N–H and O–H groups in total. The van der Waals surface area contributed by atoms with Crippen LogP contribution in [0.4, 0.5) is 0 Å². The third kappa shape index (κ3) is 3.86. The Bertz CT molecular complexity index is 602. The predicted octanol–water partition coefficient (Wildman–Crippen LogP) is 3.22. The molecule has 0 bridgehead atoms. The molecule has 0 atom stereocenters. The second-order valence-corrected chi connectivity index (χ2v) is 4.98. The van der Waals surface area contributed by atoms with Crippen molar-refractivity contribution in [3.63, 3.8) is 0 Å². The summed E-state index contributed by atoms with van der Waals surface area (Å²) in [5, 5.41) is 11.4.